The van der Waals surface area contributed by atoms with Crippen LogP contribution in [0.3, 0.4) is 0 Å². The van der Waals surface area contributed by atoms with Crippen LogP contribution in [-0.2, 0) is 16.1 Å². The van der Waals surface area contributed by atoms with Crippen molar-refractivity contribution in [2.24, 2.45) is 0 Å². The van der Waals surface area contributed by atoms with Gasteiger partial charge < -0.3 is 9.88 Å². The van der Waals surface area contributed by atoms with E-state index < -0.39 is 0 Å². The Morgan fingerprint density at radius 3 is 2.20 bits per heavy atom. The molecule has 5 rings (SSSR count). The Morgan fingerprint density at radius 1 is 0.875 bits per heavy atom. The van der Waals surface area contributed by atoms with Crippen molar-refractivity contribution in [3.63, 3.8) is 0 Å². The van der Waals surface area contributed by atoms with Gasteiger partial charge in [-0.25, -0.2) is 0 Å². The fourth-order valence-corrected chi connectivity index (χ4v) is 5.26. The van der Waals surface area contributed by atoms with Crippen molar-refractivity contribution in [1.82, 2.24) is 9.88 Å². The number of carbonyl (C=O) groups excluding carboxylic acids is 3. The fourth-order valence-electron chi connectivity index (χ4n) is 4.97. The zero-order valence-corrected chi connectivity index (χ0v) is 23.8. The first kappa shape index (κ1) is 28.6. The zero-order valence-electron chi connectivity index (χ0n) is 23.0. The maximum Gasteiger partial charge on any atom is 0.373 e. The second-order valence-corrected chi connectivity index (χ2v) is 10.2. The number of carbonyl (C=O) groups is 1. The molecule has 1 aromatic heterocycles. The molecule has 0 aliphatic carbocycles. The van der Waals surface area contributed by atoms with E-state index in [0.29, 0.717) is 10.6 Å². The van der Waals surface area contributed by atoms with Crippen molar-refractivity contribution in [1.29, 1.82) is 0 Å². The predicted octanol–water partition coefficient (Wildman–Crippen LogP) is 7.84. The molecule has 1 amide bonds. The lowest BCUT2D eigenvalue weighted by Gasteiger charge is -2.17. The van der Waals surface area contributed by atoms with E-state index in [-0.39, 0.29) is 18.1 Å². The number of aryl methyl sites for hydroxylation is 2. The van der Waals surface area contributed by atoms with Gasteiger partial charge in [0.05, 0.1) is 6.04 Å². The van der Waals surface area contributed by atoms with Crippen LogP contribution in [0.2, 0.25) is 5.02 Å². The summed E-state index contributed by atoms with van der Waals surface area (Å²) in [6.07, 6.45) is 0.250. The van der Waals surface area contributed by atoms with E-state index in [1.54, 1.807) is 0 Å². The van der Waals surface area contributed by atoms with E-state index in [2.05, 4.69) is 78.3 Å². The first-order valence-electron chi connectivity index (χ1n) is 13.0. The summed E-state index contributed by atoms with van der Waals surface area (Å²) in [6, 6.07) is 30.9. The molecule has 1 N–H and O–H groups in total. The summed E-state index contributed by atoms with van der Waals surface area (Å²) < 4.78 is 2.33. The molecule has 0 spiro atoms. The Kier molecular flexibility index (Phi) is 9.00. The molecule has 0 saturated carbocycles. The van der Waals surface area contributed by atoms with Gasteiger partial charge in [0.2, 0.25) is 0 Å². The highest BCUT2D eigenvalue weighted by atomic mass is 35.5. The third-order valence-corrected chi connectivity index (χ3v) is 7.85. The topological polar surface area (TPSA) is 68.2 Å². The van der Waals surface area contributed by atoms with Crippen molar-refractivity contribution in [3.8, 4) is 11.1 Å². The summed E-state index contributed by atoms with van der Waals surface area (Å²) in [4.78, 5) is 29.4. The predicted molar refractivity (Wildman–Crippen MR) is 159 cm³/mol. The van der Waals surface area contributed by atoms with Crippen LogP contribution in [-0.4, -0.2) is 16.6 Å². The van der Waals surface area contributed by atoms with Crippen molar-refractivity contribution in [2.75, 3.05) is 0 Å². The molecule has 0 aliphatic heterocycles. The molecule has 1 heterocycles. The molecule has 0 saturated heterocycles. The smallest absolute Gasteiger partial charge is 0.345 e. The summed E-state index contributed by atoms with van der Waals surface area (Å²) in [5.41, 5.74) is 9.79. The van der Waals surface area contributed by atoms with Crippen LogP contribution >= 0.6 is 11.6 Å². The molecule has 202 valence electrons. The van der Waals surface area contributed by atoms with Crippen LogP contribution in [0.25, 0.3) is 22.0 Å². The molecule has 5 nitrogen and oxygen atoms in total. The Morgan fingerprint density at radius 2 is 1.52 bits per heavy atom. The number of nitrogens with zero attached hydrogens (tertiary/aromatic N) is 1. The summed E-state index contributed by atoms with van der Waals surface area (Å²) in [7, 11) is 0. The summed E-state index contributed by atoms with van der Waals surface area (Å²) in [6.45, 7) is 8.99. The number of halogens is 1. The third kappa shape index (κ3) is 6.07. The third-order valence-electron chi connectivity index (χ3n) is 7.34. The van der Waals surface area contributed by atoms with E-state index in [4.69, 9.17) is 21.2 Å². The highest BCUT2D eigenvalue weighted by Gasteiger charge is 2.17. The van der Waals surface area contributed by atoms with Crippen LogP contribution in [0, 0.1) is 20.8 Å². The number of hydrogen-bond donors (Lipinski definition) is 1. The largest absolute Gasteiger partial charge is 0.373 e. The second kappa shape index (κ2) is 12.6. The highest BCUT2D eigenvalue weighted by molar-refractivity contribution is 6.32. The highest BCUT2D eigenvalue weighted by Crippen LogP contribution is 2.29. The monoisotopic (exact) mass is 550 g/mol. The van der Waals surface area contributed by atoms with Gasteiger partial charge in [0.25, 0.3) is 5.91 Å². The summed E-state index contributed by atoms with van der Waals surface area (Å²) in [5, 5.41) is 4.92. The van der Waals surface area contributed by atoms with Gasteiger partial charge in [-0.3, -0.25) is 4.79 Å². The standard InChI is InChI=1S/C33H31ClN2O.CO2/c1-21-9-8-12-29(32(21)34)23(3)35-33(37)28-17-18-31-30(19-28)22(2)24(4)36(31)20-25-13-15-27(16-14-25)26-10-6-5-7-11-26;2-1-3/h5-19,23H,20H2,1-4H3,(H,35,37);/t23-;/m1./s1. The van der Waals surface area contributed by atoms with Gasteiger partial charge >= 0.3 is 6.15 Å². The molecule has 4 aromatic carbocycles. The molecule has 1 atom stereocenters. The molecule has 0 fully saturated rings. The first-order valence-corrected chi connectivity index (χ1v) is 13.4. The molecular weight excluding hydrogens is 520 g/mol. The van der Waals surface area contributed by atoms with E-state index >= 15 is 0 Å². The molecule has 0 radical (unpaired) electrons. The quantitative estimate of drug-likeness (QED) is 0.234. The summed E-state index contributed by atoms with van der Waals surface area (Å²) in [5.74, 6) is -0.103. The maximum absolute atomic E-state index is 13.2. The van der Waals surface area contributed by atoms with Crippen molar-refractivity contribution in [2.45, 2.75) is 40.3 Å². The Labute approximate surface area is 239 Å². The van der Waals surface area contributed by atoms with Crippen LogP contribution in [0.4, 0.5) is 0 Å². The van der Waals surface area contributed by atoms with E-state index in [1.807, 2.05) is 50.2 Å². The average molecular weight is 551 g/mol. The molecule has 40 heavy (non-hydrogen) atoms. The average Bonchev–Trinajstić information content (AvgIpc) is 3.20. The number of hydrogen-bond acceptors (Lipinski definition) is 3. The molecular formula is C34H31ClN2O3. The van der Waals surface area contributed by atoms with Crippen LogP contribution in [0.5, 0.6) is 0 Å². The van der Waals surface area contributed by atoms with Gasteiger partial charge in [-0.15, -0.1) is 0 Å². The SMILES string of the molecule is Cc1cccc([C@@H](C)NC(=O)c2ccc3c(c2)c(C)c(C)n3Cc2ccc(-c3ccccc3)cc2)c1Cl.O=C=O. The number of amides is 1. The second-order valence-electron chi connectivity index (χ2n) is 9.85. The van der Waals surface area contributed by atoms with Gasteiger partial charge in [0.1, 0.15) is 0 Å². The van der Waals surface area contributed by atoms with Crippen LogP contribution < -0.4 is 5.32 Å². The minimum absolute atomic E-state index is 0.103. The zero-order chi connectivity index (χ0) is 28.8. The lowest BCUT2D eigenvalue weighted by atomic mass is 10.0. The lowest BCUT2D eigenvalue weighted by Crippen LogP contribution is -2.26. The van der Waals surface area contributed by atoms with Gasteiger partial charge in [-0.2, -0.15) is 9.59 Å². The lowest BCUT2D eigenvalue weighted by molar-refractivity contribution is -0.191. The molecule has 0 unspecified atom stereocenters. The molecule has 6 heteroatoms. The normalized spacial score (nSPS) is 11.3. The molecule has 0 bridgehead atoms. The number of nitrogens with one attached hydrogen (secondary N) is 1. The summed E-state index contributed by atoms with van der Waals surface area (Å²) >= 11 is 6.49. The number of fused-ring (bicyclic) bond motifs is 1. The Bertz CT molecular complexity index is 1680. The number of benzene rings is 4. The van der Waals surface area contributed by atoms with Gasteiger partial charge in [0.15, 0.2) is 0 Å². The van der Waals surface area contributed by atoms with Crippen LogP contribution in [0.15, 0.2) is 91.0 Å². The van der Waals surface area contributed by atoms with Gasteiger partial charge in [0, 0.05) is 33.7 Å². The number of rotatable bonds is 6. The minimum Gasteiger partial charge on any atom is -0.345 e. The van der Waals surface area contributed by atoms with Crippen LogP contribution in [0.1, 0.15) is 51.3 Å². The Balaban J connectivity index is 0.00000118. The first-order chi connectivity index (χ1) is 19.2. The Hall–Kier alpha value is -4.44. The minimum atomic E-state index is -0.193. The van der Waals surface area contributed by atoms with E-state index in [0.717, 1.165) is 28.6 Å². The van der Waals surface area contributed by atoms with Crippen molar-refractivity contribution >= 4 is 34.6 Å². The maximum atomic E-state index is 13.2. The van der Waals surface area contributed by atoms with E-state index in [1.165, 1.54) is 27.9 Å². The fraction of sp³-hybridized carbons (Fsp3) is 0.176. The van der Waals surface area contributed by atoms with Crippen molar-refractivity contribution < 1.29 is 14.4 Å². The van der Waals surface area contributed by atoms with E-state index in [9.17, 15) is 4.79 Å². The number of aromatic nitrogens is 1. The molecule has 0 aliphatic rings. The van der Waals surface area contributed by atoms with Gasteiger partial charge in [-0.05, 0) is 79.3 Å². The van der Waals surface area contributed by atoms with Crippen molar-refractivity contribution in [3.05, 3.63) is 130 Å². The van der Waals surface area contributed by atoms with Gasteiger partial charge in [-0.1, -0.05) is 84.4 Å². The molecule has 5 aromatic rings.